The molecule has 0 bridgehead atoms. The van der Waals surface area contributed by atoms with E-state index in [9.17, 15) is 21.6 Å². The summed E-state index contributed by atoms with van der Waals surface area (Å²) in [6, 6.07) is 14.3. The van der Waals surface area contributed by atoms with E-state index in [0.29, 0.717) is 0 Å². The molecule has 0 atom stereocenters. The first-order valence-electron chi connectivity index (χ1n) is 5.56. The monoisotopic (exact) mass is 301 g/mol. The molecule has 3 nitrogen and oxygen atoms in total. The third kappa shape index (κ3) is 2.62. The van der Waals surface area contributed by atoms with E-state index in [1.54, 1.807) is 12.1 Å². The third-order valence-electron chi connectivity index (χ3n) is 2.51. The molecule has 0 unspecified atom stereocenters. The van der Waals surface area contributed by atoms with Crippen LogP contribution in [0.1, 0.15) is 0 Å². The van der Waals surface area contributed by atoms with Gasteiger partial charge in [0.25, 0.3) is 0 Å². The standard InChI is InChI=1S/C13H10F3NO2S/c14-13(15,16)20(18,19)17(11-7-3-1-4-8-11)12-9-5-2-6-10-12/h1-10H. The van der Waals surface area contributed by atoms with Crippen molar-refractivity contribution in [3.05, 3.63) is 60.7 Å². The molecule has 0 aliphatic carbocycles. The van der Waals surface area contributed by atoms with Gasteiger partial charge in [-0.15, -0.1) is 0 Å². The van der Waals surface area contributed by atoms with E-state index < -0.39 is 15.5 Å². The van der Waals surface area contributed by atoms with Crippen LogP contribution in [0.15, 0.2) is 60.7 Å². The smallest absolute Gasteiger partial charge is 0.231 e. The second-order valence-electron chi connectivity index (χ2n) is 3.89. The number of halogens is 3. The number of anilines is 2. The number of nitrogens with zero attached hydrogens (tertiary/aromatic N) is 1. The van der Waals surface area contributed by atoms with Gasteiger partial charge >= 0.3 is 15.5 Å². The molecule has 2 aromatic carbocycles. The SMILES string of the molecule is O=S(=O)(N(c1ccccc1)c1ccccc1)C(F)(F)F. The molecule has 20 heavy (non-hydrogen) atoms. The van der Waals surface area contributed by atoms with Gasteiger partial charge in [0.2, 0.25) is 0 Å². The van der Waals surface area contributed by atoms with Crippen LogP contribution >= 0.6 is 0 Å². The van der Waals surface area contributed by atoms with Crippen LogP contribution in [-0.4, -0.2) is 13.9 Å². The fourth-order valence-corrected chi connectivity index (χ4v) is 2.66. The molecule has 2 aromatic rings. The Balaban J connectivity index is 2.64. The molecule has 0 amide bonds. The van der Waals surface area contributed by atoms with Crippen LogP contribution in [0.5, 0.6) is 0 Å². The molecule has 0 aliphatic heterocycles. The van der Waals surface area contributed by atoms with Crippen LogP contribution < -0.4 is 4.31 Å². The summed E-state index contributed by atoms with van der Waals surface area (Å²) in [4.78, 5) is 0. The summed E-state index contributed by atoms with van der Waals surface area (Å²) in [7, 11) is -5.51. The summed E-state index contributed by atoms with van der Waals surface area (Å²) in [5, 5.41) is 0. The highest BCUT2D eigenvalue weighted by atomic mass is 32.2. The van der Waals surface area contributed by atoms with E-state index >= 15 is 0 Å². The lowest BCUT2D eigenvalue weighted by atomic mass is 10.3. The van der Waals surface area contributed by atoms with Crippen molar-refractivity contribution in [1.29, 1.82) is 0 Å². The maximum atomic E-state index is 12.8. The van der Waals surface area contributed by atoms with Gasteiger partial charge in [0.1, 0.15) is 0 Å². The molecule has 7 heteroatoms. The molecule has 0 aliphatic rings. The van der Waals surface area contributed by atoms with Crippen LogP contribution in [0, 0.1) is 0 Å². The van der Waals surface area contributed by atoms with E-state index in [1.165, 1.54) is 48.5 Å². The van der Waals surface area contributed by atoms with Crippen LogP contribution in [-0.2, 0) is 10.0 Å². The largest absolute Gasteiger partial charge is 0.517 e. The van der Waals surface area contributed by atoms with Gasteiger partial charge in [0.15, 0.2) is 0 Å². The number of hydrogen-bond donors (Lipinski definition) is 0. The quantitative estimate of drug-likeness (QED) is 0.867. The van der Waals surface area contributed by atoms with Gasteiger partial charge in [-0.25, -0.2) is 4.31 Å². The lowest BCUT2D eigenvalue weighted by Gasteiger charge is -2.25. The lowest BCUT2D eigenvalue weighted by molar-refractivity contribution is -0.0435. The molecule has 0 aromatic heterocycles. The Kier molecular flexibility index (Phi) is 3.71. The molecule has 0 saturated heterocycles. The highest BCUT2D eigenvalue weighted by molar-refractivity contribution is 7.94. The Bertz CT molecular complexity index is 630. The molecule has 0 saturated carbocycles. The molecule has 0 fully saturated rings. The fourth-order valence-electron chi connectivity index (χ4n) is 1.66. The molecular weight excluding hydrogens is 291 g/mol. The average molecular weight is 301 g/mol. The maximum absolute atomic E-state index is 12.8. The summed E-state index contributed by atoms with van der Waals surface area (Å²) >= 11 is 0. The van der Waals surface area contributed by atoms with Crippen molar-refractivity contribution >= 4 is 21.4 Å². The first kappa shape index (κ1) is 14.4. The fraction of sp³-hybridized carbons (Fsp3) is 0.0769. The minimum absolute atomic E-state index is 0.0731. The lowest BCUT2D eigenvalue weighted by Crippen LogP contribution is -2.37. The Morgan fingerprint density at radius 2 is 1.10 bits per heavy atom. The molecular formula is C13H10F3NO2S. The summed E-state index contributed by atoms with van der Waals surface area (Å²) in [6.07, 6.45) is 0. The van der Waals surface area contributed by atoms with Crippen LogP contribution in [0.4, 0.5) is 24.5 Å². The van der Waals surface area contributed by atoms with E-state index in [2.05, 4.69) is 0 Å². The van der Waals surface area contributed by atoms with Crippen LogP contribution in [0.2, 0.25) is 0 Å². The van der Waals surface area contributed by atoms with Crippen molar-refractivity contribution in [3.8, 4) is 0 Å². The summed E-state index contributed by atoms with van der Waals surface area (Å²) < 4.78 is 62.3. The van der Waals surface area contributed by atoms with Gasteiger partial charge in [-0.05, 0) is 24.3 Å². The van der Waals surface area contributed by atoms with Crippen molar-refractivity contribution in [2.24, 2.45) is 0 Å². The van der Waals surface area contributed by atoms with E-state index in [4.69, 9.17) is 0 Å². The van der Waals surface area contributed by atoms with Crippen molar-refractivity contribution in [2.75, 3.05) is 4.31 Å². The average Bonchev–Trinajstić information content (AvgIpc) is 2.40. The summed E-state index contributed by atoms with van der Waals surface area (Å²) in [5.41, 5.74) is -5.52. The Morgan fingerprint density at radius 3 is 1.40 bits per heavy atom. The van der Waals surface area contributed by atoms with Crippen molar-refractivity contribution in [3.63, 3.8) is 0 Å². The Hall–Kier alpha value is -2.02. The highest BCUT2D eigenvalue weighted by Crippen LogP contribution is 2.36. The molecule has 0 N–H and O–H groups in total. The normalized spacial score (nSPS) is 12.2. The molecule has 0 spiro atoms. The van der Waals surface area contributed by atoms with Gasteiger partial charge in [-0.2, -0.15) is 21.6 Å². The zero-order chi connectivity index (χ0) is 14.8. The second kappa shape index (κ2) is 5.16. The van der Waals surface area contributed by atoms with E-state index in [-0.39, 0.29) is 15.7 Å². The van der Waals surface area contributed by atoms with E-state index in [0.717, 1.165) is 0 Å². The van der Waals surface area contributed by atoms with E-state index in [1.807, 2.05) is 0 Å². The van der Waals surface area contributed by atoms with Gasteiger partial charge in [-0.1, -0.05) is 36.4 Å². The number of hydrogen-bond acceptors (Lipinski definition) is 2. The van der Waals surface area contributed by atoms with Crippen LogP contribution in [0.3, 0.4) is 0 Å². The third-order valence-corrected chi connectivity index (χ3v) is 4.00. The van der Waals surface area contributed by atoms with Crippen molar-refractivity contribution in [2.45, 2.75) is 5.51 Å². The molecule has 0 radical (unpaired) electrons. The number of rotatable bonds is 3. The van der Waals surface area contributed by atoms with Gasteiger partial charge in [-0.3, -0.25) is 0 Å². The summed E-state index contributed by atoms with van der Waals surface area (Å²) in [6.45, 7) is 0. The summed E-state index contributed by atoms with van der Waals surface area (Å²) in [5.74, 6) is 0. The zero-order valence-corrected chi connectivity index (χ0v) is 10.9. The van der Waals surface area contributed by atoms with Gasteiger partial charge in [0, 0.05) is 0 Å². The van der Waals surface area contributed by atoms with Gasteiger partial charge in [0.05, 0.1) is 11.4 Å². The predicted octanol–water partition coefficient (Wildman–Crippen LogP) is 3.67. The molecule has 2 rings (SSSR count). The topological polar surface area (TPSA) is 37.4 Å². The van der Waals surface area contributed by atoms with Gasteiger partial charge < -0.3 is 0 Å². The molecule has 106 valence electrons. The minimum atomic E-state index is -5.51. The van der Waals surface area contributed by atoms with Crippen molar-refractivity contribution < 1.29 is 21.6 Å². The number of benzene rings is 2. The number of para-hydroxylation sites is 2. The van der Waals surface area contributed by atoms with Crippen molar-refractivity contribution in [1.82, 2.24) is 0 Å². The van der Waals surface area contributed by atoms with Crippen LogP contribution in [0.25, 0.3) is 0 Å². The minimum Gasteiger partial charge on any atom is -0.231 e. The second-order valence-corrected chi connectivity index (χ2v) is 5.66. The number of alkyl halides is 3. The Labute approximate surface area is 114 Å². The molecule has 0 heterocycles. The highest BCUT2D eigenvalue weighted by Gasteiger charge is 2.50. The maximum Gasteiger partial charge on any atom is 0.517 e. The zero-order valence-electron chi connectivity index (χ0n) is 10.1. The predicted molar refractivity (Wildman–Crippen MR) is 70.0 cm³/mol. The first-order valence-corrected chi connectivity index (χ1v) is 7.00. The first-order chi connectivity index (χ1) is 9.34. The Morgan fingerprint density at radius 1 is 0.750 bits per heavy atom. The number of sulfonamides is 1.